The van der Waals surface area contributed by atoms with Crippen LogP contribution in [-0.4, -0.2) is 13.0 Å². The van der Waals surface area contributed by atoms with Gasteiger partial charge in [-0.15, -0.1) is 22.3 Å². The topological polar surface area (TPSA) is 66.9 Å². The average molecular weight is 685 g/mol. The van der Waals surface area contributed by atoms with Gasteiger partial charge in [0.2, 0.25) is 0 Å². The van der Waals surface area contributed by atoms with Crippen molar-refractivity contribution < 1.29 is 54.5 Å². The molecule has 0 aliphatic rings. The Morgan fingerprint density at radius 2 is 0.935 bits per heavy atom. The molecule has 31 heavy (non-hydrogen) atoms. The summed E-state index contributed by atoms with van der Waals surface area (Å²) in [5, 5.41) is 0. The minimum absolute atomic E-state index is 0. The third kappa shape index (κ3) is 8.34. The normalized spacial score (nSPS) is 9.19. The number of amides is 1. The number of aryl methyl sites for hydroxylation is 2. The maximum Gasteiger partial charge on any atom is 2.00 e. The van der Waals surface area contributed by atoms with Gasteiger partial charge in [-0.05, 0) is 6.92 Å². The molecule has 0 fully saturated rings. The van der Waals surface area contributed by atoms with Gasteiger partial charge in [0.15, 0.2) is 5.91 Å². The van der Waals surface area contributed by atoms with Crippen molar-refractivity contribution in [2.75, 3.05) is 7.05 Å². The molecule has 0 spiro atoms. The summed E-state index contributed by atoms with van der Waals surface area (Å²) in [7, 11) is 1.25. The number of nitrogens with one attached hydrogen (secondary N) is 1. The van der Waals surface area contributed by atoms with Gasteiger partial charge in [-0.2, -0.15) is 46.5 Å². The van der Waals surface area contributed by atoms with E-state index in [9.17, 15) is 4.79 Å². The fourth-order valence-corrected chi connectivity index (χ4v) is 3.50. The number of primary amides is 1. The predicted octanol–water partition coefficient (Wildman–Crippen LogP) is 6.35. The molecule has 3 nitrogen and oxygen atoms in total. The van der Waals surface area contributed by atoms with Crippen LogP contribution in [-0.2, 0) is 23.4 Å². The fraction of sp³-hybridized carbons (Fsp3) is 0.462. The Morgan fingerprint density at radius 3 is 1.23 bits per heavy atom. The molecule has 0 aliphatic heterocycles. The molecule has 0 aliphatic carbocycles. The Bertz CT molecular complexity index is 837. The van der Waals surface area contributed by atoms with E-state index in [0.717, 1.165) is 16.7 Å². The number of hydrogen-bond acceptors (Lipinski definition) is 1. The summed E-state index contributed by atoms with van der Waals surface area (Å²) in [6.07, 6.45) is 0. The van der Waals surface area contributed by atoms with Crippen LogP contribution in [0.2, 0.25) is 0 Å². The summed E-state index contributed by atoms with van der Waals surface area (Å²) < 4.78 is 0. The van der Waals surface area contributed by atoms with Gasteiger partial charge >= 0.3 is 31.1 Å². The second-order valence-electron chi connectivity index (χ2n) is 7.74. The van der Waals surface area contributed by atoms with Crippen LogP contribution in [0.25, 0.3) is 5.73 Å². The van der Waals surface area contributed by atoms with Crippen molar-refractivity contribution in [3.63, 3.8) is 0 Å². The van der Waals surface area contributed by atoms with Crippen LogP contribution in [0.15, 0.2) is 0 Å². The van der Waals surface area contributed by atoms with Gasteiger partial charge in [-0.25, -0.2) is 0 Å². The van der Waals surface area contributed by atoms with Crippen LogP contribution >= 0.6 is 0 Å². The third-order valence-corrected chi connectivity index (χ3v) is 6.37. The number of rotatable bonds is 2. The standard InChI is InChI=1S/C14H20NO.C11H15.CH4N.U.V/c1-7-8(2)10(4)13(11(5)9(7)3)12(6)14(15)16;1-7-6-8(2)10(4)11(5)9(7)3;1-2;;/h1-6H3,(H2,15,16);1-5H3;2H,1H3;;/q3*-1;+2;. The van der Waals surface area contributed by atoms with Crippen molar-refractivity contribution in [3.8, 4) is 0 Å². The van der Waals surface area contributed by atoms with Gasteiger partial charge in [0.25, 0.3) is 0 Å². The van der Waals surface area contributed by atoms with E-state index in [1.807, 2.05) is 0 Å². The minimum Gasteiger partial charge on any atom is -0.680 e. The van der Waals surface area contributed by atoms with E-state index in [4.69, 9.17) is 11.5 Å². The van der Waals surface area contributed by atoms with Crippen molar-refractivity contribution in [2.24, 2.45) is 5.73 Å². The molecule has 0 aromatic heterocycles. The van der Waals surface area contributed by atoms with Crippen molar-refractivity contribution in [2.45, 2.75) is 76.2 Å². The van der Waals surface area contributed by atoms with Gasteiger partial charge in [0, 0.05) is 18.6 Å². The monoisotopic (exact) mass is 684 g/mol. The van der Waals surface area contributed by atoms with Crippen LogP contribution in [0.4, 0.5) is 0 Å². The van der Waals surface area contributed by atoms with Crippen molar-refractivity contribution in [1.29, 1.82) is 0 Å². The van der Waals surface area contributed by atoms with E-state index in [0.29, 0.717) is 5.92 Å². The predicted molar refractivity (Wildman–Crippen MR) is 127 cm³/mol. The Kier molecular flexibility index (Phi) is 17.2. The molecule has 0 saturated carbocycles. The molecule has 2 aromatic carbocycles. The zero-order valence-electron chi connectivity index (χ0n) is 21.4. The Labute approximate surface area is 226 Å². The largest absolute Gasteiger partial charge is 2.00 e. The van der Waals surface area contributed by atoms with Crippen LogP contribution in [0.5, 0.6) is 0 Å². The van der Waals surface area contributed by atoms with E-state index < -0.39 is 0 Å². The molecule has 2 aromatic rings. The molecule has 1 amide bonds. The van der Waals surface area contributed by atoms with E-state index >= 15 is 0 Å². The minimum atomic E-state index is -0.339. The van der Waals surface area contributed by atoms with Crippen molar-refractivity contribution in [3.05, 3.63) is 78.9 Å². The molecular formula is C26H39N2OUV-. The number of carbonyl (C=O) groups is 1. The van der Waals surface area contributed by atoms with Crippen LogP contribution in [0.3, 0.4) is 0 Å². The molecule has 0 bridgehead atoms. The summed E-state index contributed by atoms with van der Waals surface area (Å²) in [4.78, 5) is 11.3. The number of nitrogens with two attached hydrogens (primary N) is 1. The van der Waals surface area contributed by atoms with E-state index in [-0.39, 0.29) is 55.6 Å². The van der Waals surface area contributed by atoms with Gasteiger partial charge in [-0.1, -0.05) is 80.7 Å². The second kappa shape index (κ2) is 15.3. The van der Waals surface area contributed by atoms with E-state index in [1.54, 1.807) is 6.92 Å². The maximum absolute atomic E-state index is 11.3. The number of carbonyl (C=O) groups excluding carboxylic acids is 1. The molecule has 3 N–H and O–H groups in total. The molecule has 169 valence electrons. The Hall–Kier alpha value is -0.624. The van der Waals surface area contributed by atoms with Gasteiger partial charge in [0.05, 0.1) is 0 Å². The second-order valence-corrected chi connectivity index (χ2v) is 7.74. The zero-order valence-corrected chi connectivity index (χ0v) is 27.0. The third-order valence-electron chi connectivity index (χ3n) is 6.37. The fourth-order valence-electron chi connectivity index (χ4n) is 3.50. The smallest absolute Gasteiger partial charge is 0.680 e. The first-order chi connectivity index (χ1) is 13.3. The first-order valence-electron chi connectivity index (χ1n) is 9.99. The number of hydrogen-bond donors (Lipinski definition) is 1. The Balaban J connectivity index is -0.000000462. The molecular weight excluding hydrogens is 645 g/mol. The maximum atomic E-state index is 11.3. The quantitative estimate of drug-likeness (QED) is 0.369. The summed E-state index contributed by atoms with van der Waals surface area (Å²) >= 11 is 0. The molecule has 1 radical (unpaired) electrons. The van der Waals surface area contributed by atoms with Crippen LogP contribution in [0.1, 0.15) is 68.1 Å². The van der Waals surface area contributed by atoms with E-state index in [1.165, 1.54) is 51.6 Å². The Morgan fingerprint density at radius 1 is 0.677 bits per heavy atom. The summed E-state index contributed by atoms with van der Waals surface area (Å²) in [6.45, 7) is 22.9. The van der Waals surface area contributed by atoms with Crippen molar-refractivity contribution >= 4 is 5.91 Å². The zero-order chi connectivity index (χ0) is 23.2. The summed E-state index contributed by atoms with van der Waals surface area (Å²) in [5.41, 5.74) is 25.0. The van der Waals surface area contributed by atoms with Gasteiger partial charge < -0.3 is 11.5 Å². The van der Waals surface area contributed by atoms with Crippen LogP contribution < -0.4 is 5.73 Å². The van der Waals surface area contributed by atoms with Gasteiger partial charge in [-0.3, -0.25) is 4.79 Å². The SMILES string of the molecule is C[NH-].Cc1[c-]c(C)c(C)c(C)c1C.Cc1c(C)c(C)c([C-](C)C(N)=O)c(C)c1C.[U+2].[V]. The number of benzene rings is 2. The molecule has 0 unspecified atom stereocenters. The molecule has 0 saturated heterocycles. The first kappa shape index (κ1) is 35.0. The molecule has 5 heteroatoms. The van der Waals surface area contributed by atoms with Crippen molar-refractivity contribution in [1.82, 2.24) is 0 Å². The van der Waals surface area contributed by atoms with Gasteiger partial charge in [0.1, 0.15) is 0 Å². The first-order valence-corrected chi connectivity index (χ1v) is 9.99. The summed E-state index contributed by atoms with van der Waals surface area (Å²) in [5.74, 6) is 0.315. The van der Waals surface area contributed by atoms with E-state index in [2.05, 4.69) is 75.3 Å². The molecule has 0 atom stereocenters. The van der Waals surface area contributed by atoms with Crippen LogP contribution in [0, 0.1) is 112 Å². The molecule has 2 rings (SSSR count). The summed E-state index contributed by atoms with van der Waals surface area (Å²) in [6, 6.07) is 3.35. The molecule has 0 heterocycles. The average Bonchev–Trinajstić information content (AvgIpc) is 2.69.